The third-order valence-corrected chi connectivity index (χ3v) is 1.91. The lowest BCUT2D eigenvalue weighted by molar-refractivity contribution is 0.754. The van der Waals surface area contributed by atoms with Crippen molar-refractivity contribution >= 4 is 11.4 Å². The fourth-order valence-electron chi connectivity index (χ4n) is 1.27. The van der Waals surface area contributed by atoms with Crippen molar-refractivity contribution in [1.82, 2.24) is 4.98 Å². The first-order chi connectivity index (χ1) is 6.06. The van der Waals surface area contributed by atoms with E-state index in [9.17, 15) is 4.39 Å². The SMILES string of the molecule is C=C/C(F)=c1/[nH]c(C)cc1=C(C)C. The van der Waals surface area contributed by atoms with E-state index in [4.69, 9.17) is 0 Å². The highest BCUT2D eigenvalue weighted by atomic mass is 19.1. The van der Waals surface area contributed by atoms with E-state index in [2.05, 4.69) is 11.6 Å². The molecule has 0 bridgehead atoms. The molecule has 70 valence electrons. The normalized spacial score (nSPS) is 12.6. The lowest BCUT2D eigenvalue weighted by Gasteiger charge is -1.87. The topological polar surface area (TPSA) is 15.8 Å². The average Bonchev–Trinajstić information content (AvgIpc) is 2.46. The van der Waals surface area contributed by atoms with E-state index >= 15 is 0 Å². The highest BCUT2D eigenvalue weighted by molar-refractivity contribution is 5.49. The molecule has 0 saturated heterocycles. The minimum atomic E-state index is -0.302. The van der Waals surface area contributed by atoms with Gasteiger partial charge in [0.1, 0.15) is 5.83 Å². The van der Waals surface area contributed by atoms with Gasteiger partial charge in [-0.1, -0.05) is 12.2 Å². The van der Waals surface area contributed by atoms with Gasteiger partial charge in [0.05, 0.1) is 5.35 Å². The molecular weight excluding hydrogens is 165 g/mol. The number of allylic oxidation sites excluding steroid dienone is 1. The van der Waals surface area contributed by atoms with Crippen LogP contribution in [0, 0.1) is 6.92 Å². The summed E-state index contributed by atoms with van der Waals surface area (Å²) in [5.74, 6) is -0.302. The molecule has 0 aliphatic carbocycles. The van der Waals surface area contributed by atoms with Crippen LogP contribution >= 0.6 is 0 Å². The Morgan fingerprint density at radius 3 is 2.62 bits per heavy atom. The molecule has 0 radical (unpaired) electrons. The second-order valence-electron chi connectivity index (χ2n) is 3.29. The molecule has 0 fully saturated rings. The zero-order valence-corrected chi connectivity index (χ0v) is 8.24. The summed E-state index contributed by atoms with van der Waals surface area (Å²) in [5.41, 5.74) is 2.06. The van der Waals surface area contributed by atoms with Crippen LogP contribution in [0.1, 0.15) is 19.5 Å². The van der Waals surface area contributed by atoms with E-state index in [1.54, 1.807) is 0 Å². The summed E-state index contributed by atoms with van der Waals surface area (Å²) in [6.45, 7) is 9.24. The Balaban J connectivity index is 3.75. The van der Waals surface area contributed by atoms with Gasteiger partial charge in [-0.05, 0) is 32.9 Å². The van der Waals surface area contributed by atoms with Gasteiger partial charge in [0.15, 0.2) is 0 Å². The van der Waals surface area contributed by atoms with Gasteiger partial charge in [-0.15, -0.1) is 0 Å². The first-order valence-corrected chi connectivity index (χ1v) is 4.21. The van der Waals surface area contributed by atoms with Crippen LogP contribution < -0.4 is 10.6 Å². The second kappa shape index (κ2) is 3.60. The Kier molecular flexibility index (Phi) is 2.71. The number of hydrogen-bond donors (Lipinski definition) is 1. The molecule has 0 aliphatic rings. The number of hydrogen-bond acceptors (Lipinski definition) is 0. The van der Waals surface area contributed by atoms with Crippen LogP contribution in [0.15, 0.2) is 18.7 Å². The van der Waals surface area contributed by atoms with Crippen LogP contribution in [0.3, 0.4) is 0 Å². The predicted molar refractivity (Wildman–Crippen MR) is 54.2 cm³/mol. The van der Waals surface area contributed by atoms with Gasteiger partial charge in [-0.25, -0.2) is 4.39 Å². The van der Waals surface area contributed by atoms with Crippen LogP contribution in [0.5, 0.6) is 0 Å². The van der Waals surface area contributed by atoms with E-state index < -0.39 is 0 Å². The Bertz CT molecular complexity index is 433. The summed E-state index contributed by atoms with van der Waals surface area (Å²) in [5, 5.41) is 1.46. The Labute approximate surface area is 77.3 Å². The molecule has 1 nitrogen and oxygen atoms in total. The molecule has 0 aliphatic heterocycles. The summed E-state index contributed by atoms with van der Waals surface area (Å²) >= 11 is 0. The molecule has 1 aromatic rings. The monoisotopic (exact) mass is 179 g/mol. The quantitative estimate of drug-likeness (QED) is 0.676. The summed E-state index contributed by atoms with van der Waals surface area (Å²) in [6.07, 6.45) is 1.22. The lowest BCUT2D eigenvalue weighted by Crippen LogP contribution is -2.25. The molecule has 0 aromatic carbocycles. The fourth-order valence-corrected chi connectivity index (χ4v) is 1.27. The number of H-pyrrole nitrogens is 1. The highest BCUT2D eigenvalue weighted by Crippen LogP contribution is 1.94. The fraction of sp³-hybridized carbons (Fsp3) is 0.273. The molecule has 1 N–H and O–H groups in total. The van der Waals surface area contributed by atoms with Gasteiger partial charge in [-0.3, -0.25) is 0 Å². The van der Waals surface area contributed by atoms with Crippen molar-refractivity contribution in [3.63, 3.8) is 0 Å². The first-order valence-electron chi connectivity index (χ1n) is 4.21. The molecular formula is C11H14FN. The van der Waals surface area contributed by atoms with Crippen LogP contribution in [-0.4, -0.2) is 4.98 Å². The number of halogens is 1. The standard InChI is InChI=1S/C11H14FN/c1-5-10(12)11-9(7(2)3)6-8(4)13-11/h5-6,13H,1H2,2-4H3/b11-10-. The van der Waals surface area contributed by atoms with E-state index in [0.29, 0.717) is 5.35 Å². The van der Waals surface area contributed by atoms with Crippen LogP contribution in [-0.2, 0) is 0 Å². The predicted octanol–water partition coefficient (Wildman–Crippen LogP) is 1.78. The lowest BCUT2D eigenvalue weighted by atomic mass is 10.2. The van der Waals surface area contributed by atoms with E-state index in [1.807, 2.05) is 26.8 Å². The molecule has 13 heavy (non-hydrogen) atoms. The van der Waals surface area contributed by atoms with Crippen molar-refractivity contribution in [2.45, 2.75) is 20.8 Å². The van der Waals surface area contributed by atoms with Crippen molar-refractivity contribution in [2.75, 3.05) is 0 Å². The maximum absolute atomic E-state index is 13.3. The Morgan fingerprint density at radius 2 is 2.15 bits per heavy atom. The molecule has 0 unspecified atom stereocenters. The summed E-state index contributed by atoms with van der Waals surface area (Å²) in [6, 6.07) is 1.94. The number of nitrogens with one attached hydrogen (secondary N) is 1. The number of aromatic amines is 1. The van der Waals surface area contributed by atoms with Crippen LogP contribution in [0.2, 0.25) is 0 Å². The number of aryl methyl sites for hydroxylation is 1. The van der Waals surface area contributed by atoms with Crippen LogP contribution in [0.25, 0.3) is 11.4 Å². The van der Waals surface area contributed by atoms with Crippen molar-refractivity contribution in [3.05, 3.63) is 35.0 Å². The Morgan fingerprint density at radius 1 is 1.54 bits per heavy atom. The molecule has 0 amide bonds. The zero-order chi connectivity index (χ0) is 10.0. The third-order valence-electron chi connectivity index (χ3n) is 1.91. The van der Waals surface area contributed by atoms with E-state index in [1.165, 1.54) is 6.08 Å². The minimum absolute atomic E-state index is 0.302. The summed E-state index contributed by atoms with van der Waals surface area (Å²) in [7, 11) is 0. The number of aromatic nitrogens is 1. The third kappa shape index (κ3) is 1.89. The molecule has 1 heterocycles. The van der Waals surface area contributed by atoms with Gasteiger partial charge in [0, 0.05) is 10.9 Å². The highest BCUT2D eigenvalue weighted by Gasteiger charge is 1.97. The number of rotatable bonds is 1. The molecule has 2 heteroatoms. The summed E-state index contributed by atoms with van der Waals surface area (Å²) < 4.78 is 13.3. The Hall–Kier alpha value is -1.31. The van der Waals surface area contributed by atoms with Crippen molar-refractivity contribution in [2.24, 2.45) is 0 Å². The largest absolute Gasteiger partial charge is 0.356 e. The van der Waals surface area contributed by atoms with E-state index in [0.717, 1.165) is 16.5 Å². The van der Waals surface area contributed by atoms with Crippen molar-refractivity contribution < 1.29 is 4.39 Å². The zero-order valence-electron chi connectivity index (χ0n) is 8.24. The van der Waals surface area contributed by atoms with E-state index in [-0.39, 0.29) is 5.83 Å². The van der Waals surface area contributed by atoms with Gasteiger partial charge >= 0.3 is 0 Å². The van der Waals surface area contributed by atoms with Crippen LogP contribution in [0.4, 0.5) is 4.39 Å². The smallest absolute Gasteiger partial charge is 0.146 e. The van der Waals surface area contributed by atoms with Crippen molar-refractivity contribution in [3.8, 4) is 0 Å². The van der Waals surface area contributed by atoms with Gasteiger partial charge < -0.3 is 4.98 Å². The maximum Gasteiger partial charge on any atom is 0.146 e. The van der Waals surface area contributed by atoms with Gasteiger partial charge in [0.25, 0.3) is 0 Å². The molecule has 1 aromatic heterocycles. The average molecular weight is 179 g/mol. The minimum Gasteiger partial charge on any atom is -0.356 e. The molecule has 0 atom stereocenters. The van der Waals surface area contributed by atoms with Crippen molar-refractivity contribution in [1.29, 1.82) is 0 Å². The maximum atomic E-state index is 13.3. The summed E-state index contributed by atoms with van der Waals surface area (Å²) in [4.78, 5) is 2.97. The molecule has 0 saturated carbocycles. The first kappa shape index (κ1) is 9.78. The second-order valence-corrected chi connectivity index (χ2v) is 3.29. The van der Waals surface area contributed by atoms with Gasteiger partial charge in [-0.2, -0.15) is 0 Å². The molecule has 1 rings (SSSR count). The van der Waals surface area contributed by atoms with Gasteiger partial charge in [0.2, 0.25) is 0 Å². The molecule has 0 spiro atoms.